The first-order chi connectivity index (χ1) is 19.7. The van der Waals surface area contributed by atoms with Crippen molar-refractivity contribution in [2.45, 2.75) is 98.6 Å². The van der Waals surface area contributed by atoms with Gasteiger partial charge in [0.15, 0.2) is 0 Å². The van der Waals surface area contributed by atoms with Gasteiger partial charge in [-0.1, -0.05) is 55.8 Å². The molecule has 3 aromatic carbocycles. The molecule has 2 aliphatic rings. The predicted octanol–water partition coefficient (Wildman–Crippen LogP) is 7.34. The number of anilines is 3. The number of hydrogen-bond acceptors (Lipinski definition) is 5. The van der Waals surface area contributed by atoms with Gasteiger partial charge in [0.05, 0.1) is 22.4 Å². The van der Waals surface area contributed by atoms with Crippen LogP contribution < -0.4 is 15.8 Å². The largest absolute Gasteiger partial charge is 0.494 e. The van der Waals surface area contributed by atoms with Crippen molar-refractivity contribution < 1.29 is 18.6 Å². The second-order valence-electron chi connectivity index (χ2n) is 12.5. The molecule has 2 aliphatic heterocycles. The molecule has 0 atom stereocenters. The lowest BCUT2D eigenvalue weighted by Gasteiger charge is -2.32. The van der Waals surface area contributed by atoms with E-state index in [9.17, 15) is 0 Å². The smallest absolute Gasteiger partial charge is 0.399 e. The minimum Gasteiger partial charge on any atom is -0.399 e. The number of hydrogen-bond donors (Lipinski definition) is 0. The molecule has 0 radical (unpaired) electrons. The van der Waals surface area contributed by atoms with Crippen molar-refractivity contribution in [3.05, 3.63) is 78.4 Å². The van der Waals surface area contributed by atoms with Gasteiger partial charge in [-0.05, 0) is 110 Å². The van der Waals surface area contributed by atoms with Crippen LogP contribution in [0.1, 0.15) is 74.8 Å². The van der Waals surface area contributed by atoms with Gasteiger partial charge in [0.1, 0.15) is 0 Å². The molecular formula is C35H47B2NO4. The van der Waals surface area contributed by atoms with E-state index in [0.717, 1.165) is 28.0 Å². The van der Waals surface area contributed by atoms with Crippen molar-refractivity contribution in [2.75, 3.05) is 4.90 Å². The Hall–Kier alpha value is -3.01. The zero-order valence-electron chi connectivity index (χ0n) is 27.3. The van der Waals surface area contributed by atoms with Crippen molar-refractivity contribution in [1.29, 1.82) is 0 Å². The SMILES string of the molecule is C#C.CC.Cc1ccc(N(c2ccc(B3OC(C)(C)C(C)(C)O3)cc2)c2ccc(B3OC(C)(C)C(C)(C)O3)cc2)cc1. The van der Waals surface area contributed by atoms with Gasteiger partial charge in [-0.3, -0.25) is 0 Å². The van der Waals surface area contributed by atoms with Crippen LogP contribution >= 0.6 is 0 Å². The maximum absolute atomic E-state index is 6.26. The summed E-state index contributed by atoms with van der Waals surface area (Å²) >= 11 is 0. The summed E-state index contributed by atoms with van der Waals surface area (Å²) in [4.78, 5) is 2.25. The first-order valence-corrected chi connectivity index (χ1v) is 14.8. The molecule has 0 unspecified atom stereocenters. The average molecular weight is 567 g/mol. The molecule has 7 heteroatoms. The molecule has 0 aliphatic carbocycles. The highest BCUT2D eigenvalue weighted by Crippen LogP contribution is 2.39. The van der Waals surface area contributed by atoms with Crippen LogP contribution in [0.3, 0.4) is 0 Å². The Balaban J connectivity index is 0.00000116. The Bertz CT molecular complexity index is 1220. The van der Waals surface area contributed by atoms with E-state index in [1.807, 2.05) is 13.8 Å². The summed E-state index contributed by atoms with van der Waals surface area (Å²) in [6.45, 7) is 22.7. The molecule has 0 N–H and O–H groups in total. The van der Waals surface area contributed by atoms with Gasteiger partial charge in [-0.2, -0.15) is 0 Å². The second-order valence-corrected chi connectivity index (χ2v) is 12.5. The Morgan fingerprint density at radius 1 is 0.476 bits per heavy atom. The molecule has 0 amide bonds. The lowest BCUT2D eigenvalue weighted by molar-refractivity contribution is 0.00578. The molecule has 0 saturated carbocycles. The fourth-order valence-corrected chi connectivity index (χ4v) is 4.66. The van der Waals surface area contributed by atoms with E-state index < -0.39 is 0 Å². The van der Waals surface area contributed by atoms with Crippen LogP contribution in [0.15, 0.2) is 72.8 Å². The number of aryl methyl sites for hydroxylation is 1. The minimum atomic E-state index is -0.388. The average Bonchev–Trinajstić information content (AvgIpc) is 3.32. The lowest BCUT2D eigenvalue weighted by Crippen LogP contribution is -2.41. The monoisotopic (exact) mass is 567 g/mol. The molecule has 2 fully saturated rings. The van der Waals surface area contributed by atoms with Crippen molar-refractivity contribution in [2.24, 2.45) is 0 Å². The van der Waals surface area contributed by atoms with Crippen LogP contribution in [0.25, 0.3) is 0 Å². The van der Waals surface area contributed by atoms with Crippen LogP contribution in [-0.4, -0.2) is 36.6 Å². The summed E-state index contributed by atoms with van der Waals surface area (Å²) in [6, 6.07) is 25.5. The van der Waals surface area contributed by atoms with Crippen LogP contribution in [0.2, 0.25) is 0 Å². The van der Waals surface area contributed by atoms with Gasteiger partial charge in [0.2, 0.25) is 0 Å². The summed E-state index contributed by atoms with van der Waals surface area (Å²) in [7, 11) is -0.776. The molecule has 0 spiro atoms. The second kappa shape index (κ2) is 12.7. The van der Waals surface area contributed by atoms with Gasteiger partial charge in [0.25, 0.3) is 0 Å². The summed E-state index contributed by atoms with van der Waals surface area (Å²) in [5, 5.41) is 0. The summed E-state index contributed by atoms with van der Waals surface area (Å²) in [5.41, 5.74) is 4.94. The first kappa shape index (κ1) is 33.5. The molecule has 222 valence electrons. The zero-order chi connectivity index (χ0) is 31.5. The highest BCUT2D eigenvalue weighted by atomic mass is 16.7. The van der Waals surface area contributed by atoms with Crippen molar-refractivity contribution in [3.63, 3.8) is 0 Å². The van der Waals surface area contributed by atoms with E-state index in [4.69, 9.17) is 18.6 Å². The Morgan fingerprint density at radius 3 is 0.976 bits per heavy atom. The Kier molecular flexibility index (Phi) is 10.1. The fourth-order valence-electron chi connectivity index (χ4n) is 4.66. The summed E-state index contributed by atoms with van der Waals surface area (Å²) in [6.07, 6.45) is 8.00. The number of nitrogens with zero attached hydrogens (tertiary/aromatic N) is 1. The van der Waals surface area contributed by atoms with E-state index >= 15 is 0 Å². The van der Waals surface area contributed by atoms with E-state index in [0.29, 0.717) is 0 Å². The number of terminal acetylenes is 1. The van der Waals surface area contributed by atoms with Crippen molar-refractivity contribution in [1.82, 2.24) is 0 Å². The molecule has 42 heavy (non-hydrogen) atoms. The molecule has 3 aromatic rings. The topological polar surface area (TPSA) is 40.2 Å². The van der Waals surface area contributed by atoms with E-state index in [2.05, 4.69) is 153 Å². The molecule has 0 aromatic heterocycles. The quantitative estimate of drug-likeness (QED) is 0.239. The van der Waals surface area contributed by atoms with E-state index in [1.54, 1.807) is 0 Å². The van der Waals surface area contributed by atoms with Crippen LogP contribution in [0.4, 0.5) is 17.1 Å². The Morgan fingerprint density at radius 2 is 0.714 bits per heavy atom. The zero-order valence-corrected chi connectivity index (χ0v) is 27.3. The molecule has 2 heterocycles. The van der Waals surface area contributed by atoms with Gasteiger partial charge in [0, 0.05) is 17.1 Å². The van der Waals surface area contributed by atoms with Crippen molar-refractivity contribution in [3.8, 4) is 12.8 Å². The Labute approximate surface area is 255 Å². The maximum Gasteiger partial charge on any atom is 0.494 e. The highest BCUT2D eigenvalue weighted by Gasteiger charge is 2.52. The number of rotatable bonds is 5. The third-order valence-electron chi connectivity index (χ3n) is 8.65. The molecule has 5 nitrogen and oxygen atoms in total. The predicted molar refractivity (Wildman–Crippen MR) is 179 cm³/mol. The first-order valence-electron chi connectivity index (χ1n) is 14.8. The standard InChI is InChI=1S/C31H39B2NO4.C2H6.C2H2/c1-22-10-16-25(17-11-22)34(26-18-12-23(13-19-26)32-35-28(2,3)29(4,5)36-32)27-20-14-24(15-21-27)33-37-30(6,7)31(8,9)38-33;2*1-2/h10-21H,1-9H3;1-2H3;1-2H. The van der Waals surface area contributed by atoms with Crippen LogP contribution in [-0.2, 0) is 18.6 Å². The summed E-state index contributed by atoms with van der Waals surface area (Å²) in [5.74, 6) is 0. The van der Waals surface area contributed by atoms with Crippen molar-refractivity contribution >= 4 is 42.2 Å². The van der Waals surface area contributed by atoms with Gasteiger partial charge < -0.3 is 23.5 Å². The summed E-state index contributed by atoms with van der Waals surface area (Å²) < 4.78 is 25.1. The molecular weight excluding hydrogens is 520 g/mol. The van der Waals surface area contributed by atoms with E-state index in [-0.39, 0.29) is 36.6 Å². The fraction of sp³-hybridized carbons (Fsp3) is 0.429. The highest BCUT2D eigenvalue weighted by molar-refractivity contribution is 6.62. The number of benzene rings is 3. The molecule has 0 bridgehead atoms. The van der Waals surface area contributed by atoms with Gasteiger partial charge in [-0.15, -0.1) is 12.8 Å². The molecule has 2 saturated heterocycles. The normalized spacial score (nSPS) is 19.3. The van der Waals surface area contributed by atoms with Crippen LogP contribution in [0.5, 0.6) is 0 Å². The third kappa shape index (κ3) is 6.63. The van der Waals surface area contributed by atoms with Gasteiger partial charge >= 0.3 is 14.2 Å². The maximum atomic E-state index is 6.26. The molecule has 5 rings (SSSR count). The van der Waals surface area contributed by atoms with Crippen LogP contribution in [0, 0.1) is 19.8 Å². The third-order valence-corrected chi connectivity index (χ3v) is 8.65. The minimum absolute atomic E-state index is 0.372. The van der Waals surface area contributed by atoms with E-state index in [1.165, 1.54) is 5.56 Å². The lowest BCUT2D eigenvalue weighted by atomic mass is 9.79. The van der Waals surface area contributed by atoms with Gasteiger partial charge in [-0.25, -0.2) is 0 Å².